The van der Waals surface area contributed by atoms with Crippen molar-refractivity contribution in [1.29, 1.82) is 0 Å². The molecule has 2 unspecified atom stereocenters. The predicted molar refractivity (Wildman–Crippen MR) is 70.6 cm³/mol. The van der Waals surface area contributed by atoms with Crippen LogP contribution >= 0.6 is 0 Å². The van der Waals surface area contributed by atoms with Crippen LogP contribution in [0.5, 0.6) is 0 Å². The van der Waals surface area contributed by atoms with E-state index in [2.05, 4.69) is 0 Å². The van der Waals surface area contributed by atoms with Gasteiger partial charge in [0.05, 0.1) is 0 Å². The van der Waals surface area contributed by atoms with Crippen molar-refractivity contribution in [2.45, 2.75) is 18.9 Å². The van der Waals surface area contributed by atoms with Crippen LogP contribution in [0.4, 0.5) is 4.39 Å². The lowest BCUT2D eigenvalue weighted by atomic mass is 9.91. The van der Waals surface area contributed by atoms with Crippen molar-refractivity contribution < 1.29 is 19.1 Å². The van der Waals surface area contributed by atoms with Crippen molar-refractivity contribution in [3.63, 3.8) is 0 Å². The number of rotatable bonds is 3. The number of halogens is 1. The van der Waals surface area contributed by atoms with Gasteiger partial charge in [-0.25, -0.2) is 4.39 Å². The lowest BCUT2D eigenvalue weighted by molar-refractivity contribution is -0.138. The van der Waals surface area contributed by atoms with Gasteiger partial charge in [-0.2, -0.15) is 0 Å². The van der Waals surface area contributed by atoms with Crippen LogP contribution in [0, 0.1) is 11.7 Å². The number of nitrogens with two attached hydrogens (primary N) is 1. The Morgan fingerprint density at radius 3 is 2.55 bits per heavy atom. The second-order valence-corrected chi connectivity index (χ2v) is 5.18. The molecule has 1 aliphatic rings. The van der Waals surface area contributed by atoms with Crippen molar-refractivity contribution in [1.82, 2.24) is 4.90 Å². The summed E-state index contributed by atoms with van der Waals surface area (Å²) < 4.78 is 12.8. The number of hydrogen-bond acceptors (Lipinski definition) is 3. The summed E-state index contributed by atoms with van der Waals surface area (Å²) in [6, 6.07) is 5.07. The third-order valence-corrected chi connectivity index (χ3v) is 3.41. The number of carboxylic acids is 1. The Morgan fingerprint density at radius 1 is 1.30 bits per heavy atom. The molecule has 1 amide bonds. The van der Waals surface area contributed by atoms with E-state index in [1.54, 1.807) is 4.90 Å². The molecular formula is C14H17FN2O3. The molecule has 0 radical (unpaired) electrons. The standard InChI is InChI=1S/C14H17FN2O3/c15-11-3-1-10(2-4-11)14(20)17-7-9(6-13(18)19)5-12(16)8-17/h1-4,9,12H,5-8,16H2,(H,18,19). The molecule has 2 rings (SSSR count). The molecule has 1 aromatic carbocycles. The van der Waals surface area contributed by atoms with Gasteiger partial charge in [0.15, 0.2) is 0 Å². The van der Waals surface area contributed by atoms with E-state index in [0.717, 1.165) is 0 Å². The summed E-state index contributed by atoms with van der Waals surface area (Å²) in [5.74, 6) is -1.67. The third kappa shape index (κ3) is 3.54. The van der Waals surface area contributed by atoms with Crippen LogP contribution in [0.25, 0.3) is 0 Å². The first kappa shape index (κ1) is 14.5. The summed E-state index contributed by atoms with van der Waals surface area (Å²) >= 11 is 0. The predicted octanol–water partition coefficient (Wildman–Crippen LogP) is 1.09. The van der Waals surface area contributed by atoms with Crippen LogP contribution in [-0.2, 0) is 4.79 Å². The topological polar surface area (TPSA) is 83.6 Å². The summed E-state index contributed by atoms with van der Waals surface area (Å²) in [4.78, 5) is 24.6. The van der Waals surface area contributed by atoms with Gasteiger partial charge in [-0.05, 0) is 36.6 Å². The lowest BCUT2D eigenvalue weighted by Gasteiger charge is -2.35. The van der Waals surface area contributed by atoms with Gasteiger partial charge >= 0.3 is 5.97 Å². The molecule has 1 heterocycles. The van der Waals surface area contributed by atoms with Crippen LogP contribution < -0.4 is 5.73 Å². The van der Waals surface area contributed by atoms with E-state index in [0.29, 0.717) is 25.1 Å². The van der Waals surface area contributed by atoms with Crippen LogP contribution in [-0.4, -0.2) is 41.0 Å². The number of carbonyl (C=O) groups is 2. The molecule has 20 heavy (non-hydrogen) atoms. The van der Waals surface area contributed by atoms with Gasteiger partial charge in [-0.15, -0.1) is 0 Å². The van der Waals surface area contributed by atoms with E-state index in [1.807, 2.05) is 0 Å². The van der Waals surface area contributed by atoms with Gasteiger partial charge in [0.2, 0.25) is 0 Å². The number of carbonyl (C=O) groups excluding carboxylic acids is 1. The minimum Gasteiger partial charge on any atom is -0.481 e. The quantitative estimate of drug-likeness (QED) is 0.868. The minimum atomic E-state index is -0.890. The van der Waals surface area contributed by atoms with Gasteiger partial charge in [-0.1, -0.05) is 0 Å². The average Bonchev–Trinajstić information content (AvgIpc) is 2.37. The number of aliphatic carboxylic acids is 1. The molecule has 108 valence electrons. The zero-order chi connectivity index (χ0) is 14.7. The van der Waals surface area contributed by atoms with Crippen LogP contribution in [0.1, 0.15) is 23.2 Å². The fourth-order valence-corrected chi connectivity index (χ4v) is 2.58. The Labute approximate surface area is 116 Å². The van der Waals surface area contributed by atoms with E-state index < -0.39 is 11.8 Å². The van der Waals surface area contributed by atoms with E-state index >= 15 is 0 Å². The Bertz CT molecular complexity index is 504. The van der Waals surface area contributed by atoms with Crippen molar-refractivity contribution in [3.8, 4) is 0 Å². The highest BCUT2D eigenvalue weighted by atomic mass is 19.1. The van der Waals surface area contributed by atoms with Crippen LogP contribution in [0.3, 0.4) is 0 Å². The minimum absolute atomic E-state index is 0.000891. The van der Waals surface area contributed by atoms with Gasteiger partial charge in [0.1, 0.15) is 5.82 Å². The molecule has 6 heteroatoms. The molecule has 0 aromatic heterocycles. The van der Waals surface area contributed by atoms with E-state index in [4.69, 9.17) is 10.8 Å². The second-order valence-electron chi connectivity index (χ2n) is 5.18. The maximum atomic E-state index is 12.8. The van der Waals surface area contributed by atoms with Gasteiger partial charge in [-0.3, -0.25) is 9.59 Å². The van der Waals surface area contributed by atoms with Crippen molar-refractivity contribution in [3.05, 3.63) is 35.6 Å². The van der Waals surface area contributed by atoms with Crippen molar-refractivity contribution >= 4 is 11.9 Å². The number of hydrogen-bond donors (Lipinski definition) is 2. The Morgan fingerprint density at radius 2 is 1.95 bits per heavy atom. The van der Waals surface area contributed by atoms with Crippen molar-refractivity contribution in [2.24, 2.45) is 11.7 Å². The molecule has 1 aliphatic heterocycles. The van der Waals surface area contributed by atoms with Crippen LogP contribution in [0.15, 0.2) is 24.3 Å². The van der Waals surface area contributed by atoms with Crippen LogP contribution in [0.2, 0.25) is 0 Å². The number of piperidine rings is 1. The molecule has 0 saturated carbocycles. The smallest absolute Gasteiger partial charge is 0.303 e. The molecule has 1 fully saturated rings. The molecule has 5 nitrogen and oxygen atoms in total. The Kier molecular flexibility index (Phi) is 4.34. The SMILES string of the molecule is NC1CC(CC(=O)O)CN(C(=O)c2ccc(F)cc2)C1. The maximum absolute atomic E-state index is 12.8. The van der Waals surface area contributed by atoms with E-state index in [9.17, 15) is 14.0 Å². The Hall–Kier alpha value is -1.95. The number of benzene rings is 1. The third-order valence-electron chi connectivity index (χ3n) is 3.41. The van der Waals surface area contributed by atoms with Gasteiger partial charge in [0, 0.05) is 31.1 Å². The maximum Gasteiger partial charge on any atom is 0.303 e. The molecule has 0 spiro atoms. The summed E-state index contributed by atoms with van der Waals surface area (Å²) in [5, 5.41) is 8.84. The zero-order valence-corrected chi connectivity index (χ0v) is 11.0. The molecule has 1 aromatic rings. The molecule has 0 aliphatic carbocycles. The highest BCUT2D eigenvalue weighted by molar-refractivity contribution is 5.94. The summed E-state index contributed by atoms with van der Waals surface area (Å²) in [6.07, 6.45) is 0.598. The number of likely N-dealkylation sites (tertiary alicyclic amines) is 1. The highest BCUT2D eigenvalue weighted by Crippen LogP contribution is 2.21. The molecule has 1 saturated heterocycles. The van der Waals surface area contributed by atoms with Gasteiger partial charge in [0.25, 0.3) is 5.91 Å². The van der Waals surface area contributed by atoms with Gasteiger partial charge < -0.3 is 15.7 Å². The first-order chi connectivity index (χ1) is 9.45. The molecule has 3 N–H and O–H groups in total. The lowest BCUT2D eigenvalue weighted by Crippen LogP contribution is -2.49. The van der Waals surface area contributed by atoms with E-state index in [-0.39, 0.29) is 24.3 Å². The van der Waals surface area contributed by atoms with E-state index in [1.165, 1.54) is 24.3 Å². The first-order valence-electron chi connectivity index (χ1n) is 6.48. The number of nitrogens with zero attached hydrogens (tertiary/aromatic N) is 1. The summed E-state index contributed by atoms with van der Waals surface area (Å²) in [7, 11) is 0. The fraction of sp³-hybridized carbons (Fsp3) is 0.429. The monoisotopic (exact) mass is 280 g/mol. The largest absolute Gasteiger partial charge is 0.481 e. The summed E-state index contributed by atoms with van der Waals surface area (Å²) in [5.41, 5.74) is 6.27. The number of carboxylic acid groups (broad SMARTS) is 1. The summed E-state index contributed by atoms with van der Waals surface area (Å²) in [6.45, 7) is 0.766. The zero-order valence-electron chi connectivity index (χ0n) is 11.0. The Balaban J connectivity index is 2.08. The highest BCUT2D eigenvalue weighted by Gasteiger charge is 2.29. The molecule has 0 bridgehead atoms. The average molecular weight is 280 g/mol. The molecule has 2 atom stereocenters. The second kappa shape index (κ2) is 6.00. The molecular weight excluding hydrogens is 263 g/mol. The van der Waals surface area contributed by atoms with Crippen molar-refractivity contribution in [2.75, 3.05) is 13.1 Å². The normalized spacial score (nSPS) is 22.6. The number of amides is 1. The fourth-order valence-electron chi connectivity index (χ4n) is 2.58. The first-order valence-corrected chi connectivity index (χ1v) is 6.48.